The Morgan fingerprint density at radius 3 is 2.36 bits per heavy atom. The lowest BCUT2D eigenvalue weighted by Crippen LogP contribution is -2.70. The molecule has 56 heavy (non-hydrogen) atoms. The van der Waals surface area contributed by atoms with Crippen molar-refractivity contribution in [3.05, 3.63) is 70.0 Å². The number of carboxylic acids is 1. The van der Waals surface area contributed by atoms with E-state index in [0.29, 0.717) is 5.57 Å². The van der Waals surface area contributed by atoms with Crippen molar-refractivity contribution in [3.63, 3.8) is 0 Å². The summed E-state index contributed by atoms with van der Waals surface area (Å²) in [6, 6.07) is 5.74. The molecule has 3 aromatic rings. The third-order valence-electron chi connectivity index (χ3n) is 9.86. The first-order valence-corrected chi connectivity index (χ1v) is 16.8. The number of carbonyl (C=O) groups excluding carboxylic acids is 1. The Morgan fingerprint density at radius 2 is 1.68 bits per heavy atom. The van der Waals surface area contributed by atoms with Gasteiger partial charge in [-0.2, -0.15) is 0 Å². The van der Waals surface area contributed by atoms with Crippen LogP contribution in [0.2, 0.25) is 0 Å². The molecule has 2 bridgehead atoms. The Morgan fingerprint density at radius 1 is 0.946 bits per heavy atom. The van der Waals surface area contributed by atoms with Gasteiger partial charge in [0.05, 0.1) is 12.6 Å². The van der Waals surface area contributed by atoms with Crippen LogP contribution >= 0.6 is 0 Å². The van der Waals surface area contributed by atoms with Gasteiger partial charge in [-0.25, -0.2) is 9.59 Å². The molecule has 2 fully saturated rings. The molecule has 0 amide bonds. The molecule has 20 nitrogen and oxygen atoms in total. The van der Waals surface area contributed by atoms with Crippen LogP contribution in [0.5, 0.6) is 23.0 Å². The van der Waals surface area contributed by atoms with Crippen LogP contribution in [-0.4, -0.2) is 130 Å². The zero-order valence-electron chi connectivity index (χ0n) is 28.5. The van der Waals surface area contributed by atoms with Crippen LogP contribution in [0.3, 0.4) is 0 Å². The number of nitrogens with one attached hydrogen (secondary N) is 1. The molecule has 296 valence electrons. The number of allylic oxidation sites excluding steroid dienone is 2. The van der Waals surface area contributed by atoms with Gasteiger partial charge in [0.25, 0.3) is 5.60 Å². The number of rotatable bonds is 6. The summed E-state index contributed by atoms with van der Waals surface area (Å²) < 4.78 is 28.2. The number of carboxylic acid groups (broad SMARTS) is 1. The standard InChI is InChI=1S/C36H34N2O18/c37-22-5-2-13(12-38-22)8-15-20(11-21-23(24(15)42)18(41)10-19(52-21)14-3-4-16(39)17(40)9-14)53-31-27(45)26(44)30(48)36(56-31)7-1-6-35(33(49)50)29(47)25(43)28(46)32(55-35)54-34(36)51/h2-5,9-12,22,25-32,38-40,42-48H,7-8,37H2,(H,49,50). The molecule has 2 aromatic carbocycles. The van der Waals surface area contributed by atoms with Crippen LogP contribution in [0, 0.1) is 11.8 Å². The monoisotopic (exact) mass is 782 g/mol. The molecule has 2 saturated heterocycles. The number of hydrogen-bond donors (Lipinski definition) is 12. The summed E-state index contributed by atoms with van der Waals surface area (Å²) in [5.41, 5.74) is -0.506. The van der Waals surface area contributed by atoms with Crippen molar-refractivity contribution in [2.24, 2.45) is 5.73 Å². The number of hydrogen-bond acceptors (Lipinski definition) is 19. The lowest BCUT2D eigenvalue weighted by atomic mass is 9.83. The number of dihydropyridines is 1. The second-order valence-corrected chi connectivity index (χ2v) is 13.5. The molecule has 4 aliphatic rings. The molecule has 11 atom stereocenters. The van der Waals surface area contributed by atoms with E-state index >= 15 is 0 Å². The zero-order chi connectivity index (χ0) is 40.4. The van der Waals surface area contributed by atoms with Crippen molar-refractivity contribution >= 4 is 22.9 Å². The van der Waals surface area contributed by atoms with Gasteiger partial charge in [0.15, 0.2) is 16.9 Å². The highest BCUT2D eigenvalue weighted by molar-refractivity contribution is 5.88. The number of fused-ring (bicyclic) bond motifs is 3. The third-order valence-corrected chi connectivity index (χ3v) is 9.86. The van der Waals surface area contributed by atoms with Crippen molar-refractivity contribution in [1.29, 1.82) is 0 Å². The Bertz CT molecular complexity index is 2300. The van der Waals surface area contributed by atoms with E-state index in [9.17, 15) is 65.4 Å². The Kier molecular flexibility index (Phi) is 9.70. The summed E-state index contributed by atoms with van der Waals surface area (Å²) in [7, 11) is 0. The van der Waals surface area contributed by atoms with E-state index < -0.39 is 108 Å². The molecule has 7 rings (SSSR count). The second kappa shape index (κ2) is 14.1. The van der Waals surface area contributed by atoms with Crippen molar-refractivity contribution < 1.29 is 84.0 Å². The Hall–Kier alpha value is -5.73. The molecule has 0 radical (unpaired) electrons. The topological polar surface area (TPSA) is 342 Å². The van der Waals surface area contributed by atoms with Crippen LogP contribution in [0.25, 0.3) is 22.3 Å². The number of carbonyl (C=O) groups is 2. The number of ether oxygens (including phenoxy) is 4. The fourth-order valence-electron chi connectivity index (χ4n) is 6.69. The number of phenols is 3. The smallest absolute Gasteiger partial charge is 0.351 e. The number of aromatic hydroxyl groups is 3. The predicted octanol–water partition coefficient (Wildman–Crippen LogP) is -2.78. The van der Waals surface area contributed by atoms with Crippen LogP contribution in [-0.2, 0) is 30.2 Å². The molecular formula is C36H34N2O18. The lowest BCUT2D eigenvalue weighted by molar-refractivity contribution is -0.329. The van der Waals surface area contributed by atoms with Crippen LogP contribution in [0.1, 0.15) is 12.0 Å². The molecule has 0 saturated carbocycles. The highest BCUT2D eigenvalue weighted by Gasteiger charge is 2.64. The molecule has 1 spiro atoms. The summed E-state index contributed by atoms with van der Waals surface area (Å²) in [4.78, 5) is 39.6. The quantitative estimate of drug-likeness (QED) is 0.0683. The van der Waals surface area contributed by atoms with Crippen LogP contribution < -0.4 is 21.2 Å². The van der Waals surface area contributed by atoms with Crippen molar-refractivity contribution in [3.8, 4) is 46.2 Å². The van der Waals surface area contributed by atoms with Gasteiger partial charge < -0.3 is 85.5 Å². The van der Waals surface area contributed by atoms with Crippen LogP contribution in [0.4, 0.5) is 0 Å². The highest BCUT2D eigenvalue weighted by atomic mass is 16.8. The maximum atomic E-state index is 13.8. The average molecular weight is 783 g/mol. The highest BCUT2D eigenvalue weighted by Crippen LogP contribution is 2.43. The van der Waals surface area contributed by atoms with Crippen LogP contribution in [0.15, 0.2) is 63.5 Å². The van der Waals surface area contributed by atoms with Crippen molar-refractivity contribution in [2.45, 2.75) is 79.4 Å². The van der Waals surface area contributed by atoms with Crippen molar-refractivity contribution in [1.82, 2.24) is 5.32 Å². The number of benzene rings is 2. The SMILES string of the molecule is NC1C=CC(Cc2c(OC3OC4(CC#CC5(C(=O)O)OC(OC4=O)C(O)C(O)C5O)C(O)C(O)C3O)cc3oc(-c4ccc(O)c(O)c4)cc(=O)c3c2O)=CN1. The van der Waals surface area contributed by atoms with Gasteiger partial charge in [0.2, 0.25) is 18.2 Å². The minimum atomic E-state index is -2.96. The first kappa shape index (κ1) is 38.5. The van der Waals surface area contributed by atoms with Gasteiger partial charge in [0.1, 0.15) is 64.9 Å². The Balaban J connectivity index is 1.33. The average Bonchev–Trinajstić information content (AvgIpc) is 3.21. The first-order chi connectivity index (χ1) is 26.5. The van der Waals surface area contributed by atoms with Gasteiger partial charge in [0, 0.05) is 35.9 Å². The van der Waals surface area contributed by atoms with E-state index in [1.807, 2.05) is 0 Å². The molecule has 11 unspecified atom stereocenters. The summed E-state index contributed by atoms with van der Waals surface area (Å²) in [5.74, 6) is -1.39. The number of esters is 1. The fraction of sp³-hybridized carbons (Fsp3) is 0.361. The third kappa shape index (κ3) is 6.26. The normalized spacial score (nSPS) is 33.9. The lowest BCUT2D eigenvalue weighted by Gasteiger charge is -2.47. The van der Waals surface area contributed by atoms with E-state index in [2.05, 4.69) is 17.2 Å². The Labute approximate surface area is 313 Å². The summed E-state index contributed by atoms with van der Waals surface area (Å²) in [6.07, 6.45) is -15.3. The number of nitrogens with two attached hydrogens (primary N) is 1. The van der Waals surface area contributed by atoms with Gasteiger partial charge in [-0.3, -0.25) is 4.79 Å². The molecule has 1 aromatic heterocycles. The largest absolute Gasteiger partial charge is 0.507 e. The van der Waals surface area contributed by atoms with Crippen molar-refractivity contribution in [2.75, 3.05) is 0 Å². The first-order valence-electron chi connectivity index (χ1n) is 16.8. The van der Waals surface area contributed by atoms with Gasteiger partial charge in [-0.1, -0.05) is 17.9 Å². The second-order valence-electron chi connectivity index (χ2n) is 13.5. The molecule has 4 aliphatic heterocycles. The van der Waals surface area contributed by atoms with E-state index in [1.165, 1.54) is 12.3 Å². The fourth-order valence-corrected chi connectivity index (χ4v) is 6.69. The van der Waals surface area contributed by atoms with Gasteiger partial charge >= 0.3 is 11.9 Å². The molecule has 0 aliphatic carbocycles. The zero-order valence-corrected chi connectivity index (χ0v) is 28.5. The maximum absolute atomic E-state index is 13.8. The molecular weight excluding hydrogens is 748 g/mol. The minimum absolute atomic E-state index is 0.119. The molecule has 5 heterocycles. The van der Waals surface area contributed by atoms with E-state index in [0.717, 1.165) is 24.3 Å². The molecule has 20 heteroatoms. The molecule has 13 N–H and O–H groups in total. The van der Waals surface area contributed by atoms with E-state index in [4.69, 9.17) is 29.1 Å². The summed E-state index contributed by atoms with van der Waals surface area (Å²) in [6.45, 7) is 0. The number of phenolic OH excluding ortho intramolecular Hbond substituents is 3. The predicted molar refractivity (Wildman–Crippen MR) is 183 cm³/mol. The minimum Gasteiger partial charge on any atom is -0.507 e. The van der Waals surface area contributed by atoms with E-state index in [1.54, 1.807) is 12.2 Å². The summed E-state index contributed by atoms with van der Waals surface area (Å²) >= 11 is 0. The van der Waals surface area contributed by atoms with Gasteiger partial charge in [-0.15, -0.1) is 0 Å². The summed E-state index contributed by atoms with van der Waals surface area (Å²) in [5, 5.41) is 109. The van der Waals surface area contributed by atoms with Gasteiger partial charge in [-0.05, 0) is 29.8 Å². The number of aliphatic hydroxyl groups is 6. The number of aliphatic carboxylic acids is 1. The maximum Gasteiger partial charge on any atom is 0.351 e. The number of aliphatic hydroxyl groups excluding tert-OH is 6. The van der Waals surface area contributed by atoms with E-state index in [-0.39, 0.29) is 40.0 Å².